The topological polar surface area (TPSA) is 75.6 Å². The number of hydrogen-bond acceptors (Lipinski definition) is 3. The smallest absolute Gasteiger partial charge is 0.273 e. The largest absolute Gasteiger partial charge is 0.346 e. The van der Waals surface area contributed by atoms with Gasteiger partial charge in [0.25, 0.3) is 5.91 Å². The third-order valence-electron chi connectivity index (χ3n) is 2.66. The first-order chi connectivity index (χ1) is 8.50. The summed E-state index contributed by atoms with van der Waals surface area (Å²) >= 11 is 6.51. The van der Waals surface area contributed by atoms with E-state index in [9.17, 15) is 4.79 Å². The van der Waals surface area contributed by atoms with Crippen molar-refractivity contribution in [3.8, 4) is 0 Å². The molecule has 0 aliphatic heterocycles. The van der Waals surface area contributed by atoms with E-state index >= 15 is 0 Å². The van der Waals surface area contributed by atoms with Gasteiger partial charge in [0.2, 0.25) is 0 Å². The predicted octanol–water partition coefficient (Wildman–Crippen LogP) is 1.91. The average molecular weight is 377 g/mol. The summed E-state index contributed by atoms with van der Waals surface area (Å²) in [4.78, 5) is 11.9. The standard InChI is InChI=1S/C10H11Br2N5O/c1-5-6(4-14-17(5)2)3-13-10(18)8-7(11)9(12)16-15-8/h4H,3H2,1-2H3,(H,13,18)(H,15,16). The second-order valence-corrected chi connectivity index (χ2v) is 5.35. The first-order valence-electron chi connectivity index (χ1n) is 5.15. The summed E-state index contributed by atoms with van der Waals surface area (Å²) in [6, 6.07) is 0. The van der Waals surface area contributed by atoms with Crippen molar-refractivity contribution in [1.82, 2.24) is 25.3 Å². The Labute approximate surface area is 120 Å². The number of halogens is 2. The van der Waals surface area contributed by atoms with Crippen molar-refractivity contribution in [2.24, 2.45) is 7.05 Å². The van der Waals surface area contributed by atoms with E-state index in [4.69, 9.17) is 0 Å². The molecule has 1 amide bonds. The van der Waals surface area contributed by atoms with E-state index in [-0.39, 0.29) is 5.91 Å². The van der Waals surface area contributed by atoms with Gasteiger partial charge in [-0.1, -0.05) is 0 Å². The second-order valence-electron chi connectivity index (χ2n) is 3.76. The Morgan fingerprint density at radius 2 is 2.28 bits per heavy atom. The minimum Gasteiger partial charge on any atom is -0.346 e. The Morgan fingerprint density at radius 1 is 1.56 bits per heavy atom. The van der Waals surface area contributed by atoms with Gasteiger partial charge < -0.3 is 5.32 Å². The number of amides is 1. The van der Waals surface area contributed by atoms with Crippen LogP contribution in [0.3, 0.4) is 0 Å². The highest BCUT2D eigenvalue weighted by atomic mass is 79.9. The highest BCUT2D eigenvalue weighted by molar-refractivity contribution is 9.13. The van der Waals surface area contributed by atoms with Gasteiger partial charge in [0.05, 0.1) is 10.7 Å². The summed E-state index contributed by atoms with van der Waals surface area (Å²) in [5, 5.41) is 13.5. The lowest BCUT2D eigenvalue weighted by Crippen LogP contribution is -2.23. The summed E-state index contributed by atoms with van der Waals surface area (Å²) in [5.74, 6) is -0.243. The molecule has 0 aliphatic carbocycles. The van der Waals surface area contributed by atoms with E-state index < -0.39 is 0 Å². The summed E-state index contributed by atoms with van der Waals surface area (Å²) in [6.07, 6.45) is 1.74. The number of rotatable bonds is 3. The van der Waals surface area contributed by atoms with Gasteiger partial charge in [-0.25, -0.2) is 0 Å². The van der Waals surface area contributed by atoms with E-state index in [2.05, 4.69) is 52.5 Å². The zero-order valence-corrected chi connectivity index (χ0v) is 13.0. The number of aromatic nitrogens is 4. The van der Waals surface area contributed by atoms with Gasteiger partial charge in [0, 0.05) is 24.8 Å². The van der Waals surface area contributed by atoms with Crippen LogP contribution in [-0.4, -0.2) is 25.9 Å². The Morgan fingerprint density at radius 3 is 2.78 bits per heavy atom. The molecule has 0 saturated heterocycles. The molecule has 2 aromatic heterocycles. The summed E-state index contributed by atoms with van der Waals surface area (Å²) in [6.45, 7) is 2.38. The number of carbonyl (C=O) groups is 1. The zero-order chi connectivity index (χ0) is 13.3. The van der Waals surface area contributed by atoms with Crippen LogP contribution in [0.25, 0.3) is 0 Å². The van der Waals surface area contributed by atoms with E-state index in [1.807, 2.05) is 14.0 Å². The molecular formula is C10H11Br2N5O. The van der Waals surface area contributed by atoms with Crippen LogP contribution in [0, 0.1) is 6.92 Å². The van der Waals surface area contributed by atoms with Gasteiger partial charge in [-0.15, -0.1) is 0 Å². The number of carbonyl (C=O) groups excluding carboxylic acids is 1. The predicted molar refractivity (Wildman–Crippen MR) is 73.1 cm³/mol. The Balaban J connectivity index is 2.05. The van der Waals surface area contributed by atoms with Crippen molar-refractivity contribution in [2.45, 2.75) is 13.5 Å². The molecule has 0 aliphatic rings. The first-order valence-corrected chi connectivity index (χ1v) is 6.74. The SMILES string of the molecule is Cc1c(CNC(=O)c2n[nH]c(Br)c2Br)cnn1C. The van der Waals surface area contributed by atoms with Gasteiger partial charge in [-0.05, 0) is 38.8 Å². The first kappa shape index (κ1) is 13.3. The number of hydrogen-bond donors (Lipinski definition) is 2. The van der Waals surface area contributed by atoms with Crippen molar-refractivity contribution < 1.29 is 4.79 Å². The lowest BCUT2D eigenvalue weighted by molar-refractivity contribution is 0.0945. The van der Waals surface area contributed by atoms with Crippen LogP contribution in [-0.2, 0) is 13.6 Å². The minimum atomic E-state index is -0.243. The molecule has 0 fully saturated rings. The van der Waals surface area contributed by atoms with Crippen LogP contribution < -0.4 is 5.32 Å². The molecular weight excluding hydrogens is 366 g/mol. The normalized spacial score (nSPS) is 10.7. The Hall–Kier alpha value is -1.15. The van der Waals surface area contributed by atoms with Crippen molar-refractivity contribution >= 4 is 37.8 Å². The van der Waals surface area contributed by atoms with Crippen molar-refractivity contribution in [3.63, 3.8) is 0 Å². The zero-order valence-electron chi connectivity index (χ0n) is 9.79. The van der Waals surface area contributed by atoms with Crippen LogP contribution >= 0.6 is 31.9 Å². The average Bonchev–Trinajstić information content (AvgIpc) is 2.83. The van der Waals surface area contributed by atoms with Crippen LogP contribution in [0.4, 0.5) is 0 Å². The molecule has 6 nitrogen and oxygen atoms in total. The van der Waals surface area contributed by atoms with Crippen molar-refractivity contribution in [2.75, 3.05) is 0 Å². The van der Waals surface area contributed by atoms with Gasteiger partial charge in [0.1, 0.15) is 4.60 Å². The molecule has 2 heterocycles. The van der Waals surface area contributed by atoms with Crippen LogP contribution in [0.1, 0.15) is 21.7 Å². The lowest BCUT2D eigenvalue weighted by atomic mass is 10.2. The van der Waals surface area contributed by atoms with Gasteiger partial charge in [-0.3, -0.25) is 14.6 Å². The number of H-pyrrole nitrogens is 1. The molecule has 0 radical (unpaired) electrons. The quantitative estimate of drug-likeness (QED) is 0.858. The van der Waals surface area contributed by atoms with E-state index in [0.717, 1.165) is 11.3 Å². The fourth-order valence-corrected chi connectivity index (χ4v) is 2.07. The molecule has 0 aromatic carbocycles. The number of aryl methyl sites for hydroxylation is 1. The van der Waals surface area contributed by atoms with Crippen LogP contribution in [0.15, 0.2) is 15.3 Å². The molecule has 0 unspecified atom stereocenters. The van der Waals surface area contributed by atoms with Crippen molar-refractivity contribution in [3.05, 3.63) is 32.2 Å². The van der Waals surface area contributed by atoms with E-state index in [1.165, 1.54) is 0 Å². The van der Waals surface area contributed by atoms with Gasteiger partial charge >= 0.3 is 0 Å². The Bertz CT molecular complexity index is 589. The van der Waals surface area contributed by atoms with Gasteiger partial charge in [0.15, 0.2) is 5.69 Å². The Kier molecular flexibility index (Phi) is 3.86. The lowest BCUT2D eigenvalue weighted by Gasteiger charge is -2.03. The maximum absolute atomic E-state index is 11.9. The minimum absolute atomic E-state index is 0.243. The van der Waals surface area contributed by atoms with Crippen LogP contribution in [0.2, 0.25) is 0 Å². The van der Waals surface area contributed by atoms with E-state index in [0.29, 0.717) is 21.3 Å². The molecule has 96 valence electrons. The fraction of sp³-hybridized carbons (Fsp3) is 0.300. The van der Waals surface area contributed by atoms with Crippen molar-refractivity contribution in [1.29, 1.82) is 0 Å². The van der Waals surface area contributed by atoms with Gasteiger partial charge in [-0.2, -0.15) is 10.2 Å². The fourth-order valence-electron chi connectivity index (χ4n) is 1.43. The molecule has 2 aromatic rings. The number of nitrogens with one attached hydrogen (secondary N) is 2. The summed E-state index contributed by atoms with van der Waals surface area (Å²) < 4.78 is 3.02. The molecule has 0 saturated carbocycles. The third kappa shape index (κ3) is 2.49. The van der Waals surface area contributed by atoms with E-state index in [1.54, 1.807) is 10.9 Å². The summed E-state index contributed by atoms with van der Waals surface area (Å²) in [7, 11) is 1.86. The highest BCUT2D eigenvalue weighted by Crippen LogP contribution is 2.23. The molecule has 0 spiro atoms. The second kappa shape index (κ2) is 5.23. The summed E-state index contributed by atoms with van der Waals surface area (Å²) in [5.41, 5.74) is 2.33. The molecule has 2 rings (SSSR count). The maximum atomic E-state index is 11.9. The third-order valence-corrected chi connectivity index (χ3v) is 4.54. The molecule has 18 heavy (non-hydrogen) atoms. The van der Waals surface area contributed by atoms with Crippen LogP contribution in [0.5, 0.6) is 0 Å². The molecule has 0 atom stereocenters. The molecule has 0 bridgehead atoms. The number of aromatic amines is 1. The highest BCUT2D eigenvalue weighted by Gasteiger charge is 2.16. The maximum Gasteiger partial charge on any atom is 0.273 e. The molecule has 8 heteroatoms. The molecule has 2 N–H and O–H groups in total. The number of nitrogens with zero attached hydrogens (tertiary/aromatic N) is 3. The monoisotopic (exact) mass is 375 g/mol.